The molecule has 0 aliphatic carbocycles. The smallest absolute Gasteiger partial charge is 0.370 e. The average Bonchev–Trinajstić information content (AvgIpc) is 1.80. The maximum atomic E-state index is 8.74. The summed E-state index contributed by atoms with van der Waals surface area (Å²) in [4.78, 5) is 0. The van der Waals surface area contributed by atoms with E-state index in [0.717, 1.165) is 0 Å². The zero-order valence-corrected chi connectivity index (χ0v) is 8.92. The van der Waals surface area contributed by atoms with Crippen molar-refractivity contribution in [3.05, 3.63) is 0 Å². The maximum Gasteiger partial charge on any atom is 0.394 e. The fourth-order valence-electron chi connectivity index (χ4n) is 0.375. The van der Waals surface area contributed by atoms with E-state index in [-0.39, 0.29) is 5.96 Å². The second-order valence-electron chi connectivity index (χ2n) is 2.70. The van der Waals surface area contributed by atoms with Gasteiger partial charge in [-0.3, -0.25) is 14.5 Å². The Labute approximate surface area is 82.5 Å². The van der Waals surface area contributed by atoms with Crippen molar-refractivity contribution in [2.24, 2.45) is 5.73 Å². The van der Waals surface area contributed by atoms with E-state index in [0.29, 0.717) is 0 Å². The summed E-state index contributed by atoms with van der Waals surface area (Å²) in [5, 5.41) is 9.45. The zero-order valence-electron chi connectivity index (χ0n) is 8.10. The first kappa shape index (κ1) is 15.6. The Morgan fingerprint density at radius 1 is 1.50 bits per heavy atom. The zero-order chi connectivity index (χ0) is 12.0. The molecule has 0 saturated heterocycles. The van der Waals surface area contributed by atoms with E-state index in [2.05, 4.69) is 5.32 Å². The van der Waals surface area contributed by atoms with Crippen LogP contribution in [0.15, 0.2) is 0 Å². The second-order valence-corrected chi connectivity index (χ2v) is 3.60. The molecule has 0 aromatic carbocycles. The highest BCUT2D eigenvalue weighted by Crippen LogP contribution is 1.99. The van der Waals surface area contributed by atoms with Gasteiger partial charge in [0.1, 0.15) is 5.72 Å². The van der Waals surface area contributed by atoms with Crippen LogP contribution in [0.5, 0.6) is 0 Å². The highest BCUT2D eigenvalue weighted by molar-refractivity contribution is 7.79. The lowest BCUT2D eigenvalue weighted by Gasteiger charge is -2.23. The molecule has 0 aromatic rings. The fraction of sp³-hybridized carbons (Fsp3) is 0.800. The molecule has 86 valence electrons. The molecule has 14 heavy (non-hydrogen) atoms. The van der Waals surface area contributed by atoms with Crippen LogP contribution < -0.4 is 11.1 Å². The molecule has 0 bridgehead atoms. The lowest BCUT2D eigenvalue weighted by molar-refractivity contribution is 0.00929. The minimum Gasteiger partial charge on any atom is -0.370 e. The van der Waals surface area contributed by atoms with Crippen LogP contribution in [0.4, 0.5) is 0 Å². The van der Waals surface area contributed by atoms with E-state index in [1.165, 1.54) is 0 Å². The summed E-state index contributed by atoms with van der Waals surface area (Å²) in [5.41, 5.74) is 4.51. The summed E-state index contributed by atoms with van der Waals surface area (Å²) in [6.45, 7) is 3.57. The number of nitrogens with one attached hydrogen (secondary N) is 2. The van der Waals surface area contributed by atoms with Crippen molar-refractivity contribution in [1.29, 1.82) is 5.41 Å². The average molecular weight is 229 g/mol. The van der Waals surface area contributed by atoms with Crippen LogP contribution >= 0.6 is 0 Å². The van der Waals surface area contributed by atoms with Gasteiger partial charge in [-0.15, -0.1) is 0 Å². The molecule has 0 aliphatic heterocycles. The third kappa shape index (κ3) is 22.5. The van der Waals surface area contributed by atoms with Gasteiger partial charge in [-0.2, -0.15) is 8.42 Å². The molecule has 0 aromatic heterocycles. The molecule has 0 unspecified atom stereocenters. The number of nitrogens with two attached hydrogens (primary N) is 1. The van der Waals surface area contributed by atoms with Crippen LogP contribution in [0.25, 0.3) is 0 Å². The van der Waals surface area contributed by atoms with E-state index in [4.69, 9.17) is 33.4 Å². The van der Waals surface area contributed by atoms with Gasteiger partial charge in [-0.05, 0) is 13.8 Å². The fourth-order valence-corrected chi connectivity index (χ4v) is 0.375. The molecule has 0 amide bonds. The standard InChI is InChI=1S/C5H13N3O.H2O4S/c1-5(2,9-3)8-4(6)7;1-5(2,3)4/h1-3H3,(H4,6,7,8);(H2,1,2,3,4). The molecule has 0 heterocycles. The quantitative estimate of drug-likeness (QED) is 0.180. The molecule has 0 atom stereocenters. The summed E-state index contributed by atoms with van der Waals surface area (Å²) < 4.78 is 36.5. The molecule has 6 N–H and O–H groups in total. The Morgan fingerprint density at radius 3 is 1.86 bits per heavy atom. The van der Waals surface area contributed by atoms with Crippen molar-refractivity contribution in [2.45, 2.75) is 19.6 Å². The highest BCUT2D eigenvalue weighted by atomic mass is 32.3. The van der Waals surface area contributed by atoms with Crippen LogP contribution in [0, 0.1) is 5.41 Å². The van der Waals surface area contributed by atoms with Crippen molar-refractivity contribution in [1.82, 2.24) is 5.32 Å². The van der Waals surface area contributed by atoms with E-state index in [1.54, 1.807) is 21.0 Å². The molecule has 0 aliphatic rings. The number of hydrogen-bond acceptors (Lipinski definition) is 4. The minimum absolute atomic E-state index is 0.0816. The molecule has 9 heteroatoms. The minimum atomic E-state index is -4.67. The van der Waals surface area contributed by atoms with Gasteiger partial charge in [-0.25, -0.2) is 0 Å². The van der Waals surface area contributed by atoms with Gasteiger partial charge >= 0.3 is 10.4 Å². The SMILES string of the molecule is COC(C)(C)NC(=N)N.O=S(=O)(O)O. The molecule has 8 nitrogen and oxygen atoms in total. The largest absolute Gasteiger partial charge is 0.394 e. The van der Waals surface area contributed by atoms with Crippen molar-refractivity contribution >= 4 is 16.4 Å². The Morgan fingerprint density at radius 2 is 1.79 bits per heavy atom. The summed E-state index contributed by atoms with van der Waals surface area (Å²) in [7, 11) is -3.12. The van der Waals surface area contributed by atoms with Gasteiger partial charge in [0.05, 0.1) is 0 Å². The van der Waals surface area contributed by atoms with Crippen molar-refractivity contribution < 1.29 is 22.3 Å². The van der Waals surface area contributed by atoms with Crippen LogP contribution in [0.3, 0.4) is 0 Å². The normalized spacial score (nSPS) is 11.2. The Hall–Kier alpha value is -0.900. The van der Waals surface area contributed by atoms with Crippen molar-refractivity contribution in [3.63, 3.8) is 0 Å². The van der Waals surface area contributed by atoms with Crippen molar-refractivity contribution in [2.75, 3.05) is 7.11 Å². The molecular weight excluding hydrogens is 214 g/mol. The molecule has 0 radical (unpaired) electrons. The predicted molar refractivity (Wildman–Crippen MR) is 50.3 cm³/mol. The van der Waals surface area contributed by atoms with Gasteiger partial charge in [-0.1, -0.05) is 0 Å². The molecular formula is C5H15N3O5S. The number of rotatable bonds is 2. The molecule has 0 saturated carbocycles. The third-order valence-corrected chi connectivity index (χ3v) is 0.946. The van der Waals surface area contributed by atoms with Gasteiger partial charge < -0.3 is 15.8 Å². The highest BCUT2D eigenvalue weighted by Gasteiger charge is 2.14. The summed E-state index contributed by atoms with van der Waals surface area (Å²) in [6, 6.07) is 0. The lowest BCUT2D eigenvalue weighted by Crippen LogP contribution is -2.47. The topological polar surface area (TPSA) is 146 Å². The van der Waals surface area contributed by atoms with E-state index < -0.39 is 16.1 Å². The second kappa shape index (κ2) is 5.75. The molecule has 0 rings (SSSR count). The Balaban J connectivity index is 0. The third-order valence-electron chi connectivity index (χ3n) is 0.946. The van der Waals surface area contributed by atoms with Crippen LogP contribution in [0.2, 0.25) is 0 Å². The Kier molecular flexibility index (Phi) is 6.40. The van der Waals surface area contributed by atoms with E-state index >= 15 is 0 Å². The molecule has 0 fully saturated rings. The monoisotopic (exact) mass is 229 g/mol. The number of guanidine groups is 1. The van der Waals surface area contributed by atoms with Gasteiger partial charge in [0.15, 0.2) is 5.96 Å². The van der Waals surface area contributed by atoms with E-state index in [1.807, 2.05) is 0 Å². The van der Waals surface area contributed by atoms with E-state index in [9.17, 15) is 0 Å². The first-order chi connectivity index (χ1) is 5.98. The number of hydrogen-bond donors (Lipinski definition) is 5. The van der Waals surface area contributed by atoms with Gasteiger partial charge in [0.25, 0.3) is 0 Å². The Bertz CT molecular complexity index is 265. The summed E-state index contributed by atoms with van der Waals surface area (Å²) in [5.74, 6) is -0.0816. The first-order valence-electron chi connectivity index (χ1n) is 3.35. The maximum absolute atomic E-state index is 8.74. The predicted octanol–water partition coefficient (Wildman–Crippen LogP) is -0.801. The number of ether oxygens (including phenoxy) is 1. The lowest BCUT2D eigenvalue weighted by atomic mass is 10.3. The molecule has 0 spiro atoms. The van der Waals surface area contributed by atoms with Crippen molar-refractivity contribution in [3.8, 4) is 0 Å². The van der Waals surface area contributed by atoms with Gasteiger partial charge in [0.2, 0.25) is 0 Å². The van der Waals surface area contributed by atoms with Crippen LogP contribution in [-0.4, -0.2) is 36.3 Å². The van der Waals surface area contributed by atoms with Crippen LogP contribution in [0.1, 0.15) is 13.8 Å². The summed E-state index contributed by atoms with van der Waals surface area (Å²) in [6.07, 6.45) is 0. The first-order valence-corrected chi connectivity index (χ1v) is 4.75. The van der Waals surface area contributed by atoms with Crippen LogP contribution in [-0.2, 0) is 15.1 Å². The summed E-state index contributed by atoms with van der Waals surface area (Å²) >= 11 is 0. The van der Waals surface area contributed by atoms with Gasteiger partial charge in [0, 0.05) is 7.11 Å². The number of methoxy groups -OCH3 is 1.